The van der Waals surface area contributed by atoms with E-state index in [0.29, 0.717) is 0 Å². The summed E-state index contributed by atoms with van der Waals surface area (Å²) in [5.74, 6) is 1.04. The standard InChI is InChI=1S/C16H18N2OS/c1-11-3-8-15(9-12(11)2)20-10-13-4-6-14(7-5-13)16(17)18-19/h3-9,19H,10H2,1-2H3,(H2,17,18). The summed E-state index contributed by atoms with van der Waals surface area (Å²) in [5.41, 5.74) is 10.1. The molecule has 0 aromatic heterocycles. The number of oxime groups is 1. The second-order valence-corrected chi connectivity index (χ2v) is 5.77. The Balaban J connectivity index is 2.02. The van der Waals surface area contributed by atoms with Crippen LogP contribution in [0.4, 0.5) is 0 Å². The lowest BCUT2D eigenvalue weighted by molar-refractivity contribution is 0.318. The summed E-state index contributed by atoms with van der Waals surface area (Å²) in [6, 6.07) is 14.3. The van der Waals surface area contributed by atoms with E-state index in [0.717, 1.165) is 11.3 Å². The van der Waals surface area contributed by atoms with Gasteiger partial charge in [-0.1, -0.05) is 35.5 Å². The molecular weight excluding hydrogens is 268 g/mol. The Hall–Kier alpha value is -1.94. The zero-order chi connectivity index (χ0) is 14.5. The van der Waals surface area contributed by atoms with Gasteiger partial charge in [-0.3, -0.25) is 0 Å². The summed E-state index contributed by atoms with van der Waals surface area (Å²) < 4.78 is 0. The minimum absolute atomic E-state index is 0.137. The zero-order valence-corrected chi connectivity index (χ0v) is 12.4. The molecule has 0 radical (unpaired) electrons. The van der Waals surface area contributed by atoms with Gasteiger partial charge in [-0.05, 0) is 42.7 Å². The average Bonchev–Trinajstić information content (AvgIpc) is 2.48. The van der Waals surface area contributed by atoms with Crippen molar-refractivity contribution >= 4 is 17.6 Å². The summed E-state index contributed by atoms with van der Waals surface area (Å²) in [6.45, 7) is 4.25. The van der Waals surface area contributed by atoms with Gasteiger partial charge in [0.05, 0.1) is 0 Å². The van der Waals surface area contributed by atoms with E-state index in [1.807, 2.05) is 24.3 Å². The Morgan fingerprint density at radius 2 is 1.80 bits per heavy atom. The van der Waals surface area contributed by atoms with Gasteiger partial charge < -0.3 is 10.9 Å². The van der Waals surface area contributed by atoms with Crippen LogP contribution in [-0.4, -0.2) is 11.0 Å². The molecular formula is C16H18N2OS. The summed E-state index contributed by atoms with van der Waals surface area (Å²) in [6.07, 6.45) is 0. The molecule has 0 aliphatic heterocycles. The number of amidine groups is 1. The number of benzene rings is 2. The molecule has 0 aliphatic rings. The summed E-state index contributed by atoms with van der Waals surface area (Å²) in [7, 11) is 0. The molecule has 4 heteroatoms. The number of hydrogen-bond acceptors (Lipinski definition) is 3. The fourth-order valence-electron chi connectivity index (χ4n) is 1.80. The number of aryl methyl sites for hydroxylation is 2. The Bertz CT molecular complexity index is 621. The molecule has 0 heterocycles. The van der Waals surface area contributed by atoms with Crippen LogP contribution in [0, 0.1) is 13.8 Å². The highest BCUT2D eigenvalue weighted by Gasteiger charge is 2.01. The average molecular weight is 286 g/mol. The van der Waals surface area contributed by atoms with Crippen LogP contribution in [0.1, 0.15) is 22.3 Å². The molecule has 0 unspecified atom stereocenters. The van der Waals surface area contributed by atoms with Crippen LogP contribution in [-0.2, 0) is 5.75 Å². The Morgan fingerprint density at radius 1 is 1.10 bits per heavy atom. The molecule has 0 spiro atoms. The largest absolute Gasteiger partial charge is 0.409 e. The summed E-state index contributed by atoms with van der Waals surface area (Å²) in [5, 5.41) is 11.6. The minimum Gasteiger partial charge on any atom is -0.409 e. The molecule has 0 saturated heterocycles. The van der Waals surface area contributed by atoms with Gasteiger partial charge in [0.2, 0.25) is 0 Å². The first-order valence-corrected chi connectivity index (χ1v) is 7.35. The maximum atomic E-state index is 8.62. The van der Waals surface area contributed by atoms with E-state index in [1.165, 1.54) is 21.6 Å². The van der Waals surface area contributed by atoms with Gasteiger partial charge >= 0.3 is 0 Å². The quantitative estimate of drug-likeness (QED) is 0.296. The van der Waals surface area contributed by atoms with Crippen molar-refractivity contribution in [2.75, 3.05) is 0 Å². The normalized spacial score (nSPS) is 11.6. The molecule has 3 N–H and O–H groups in total. The van der Waals surface area contributed by atoms with Crippen molar-refractivity contribution in [3.63, 3.8) is 0 Å². The second-order valence-electron chi connectivity index (χ2n) is 4.72. The van der Waals surface area contributed by atoms with Crippen LogP contribution in [0.25, 0.3) is 0 Å². The molecule has 0 amide bonds. The predicted molar refractivity (Wildman–Crippen MR) is 84.4 cm³/mol. The number of nitrogens with zero attached hydrogens (tertiary/aromatic N) is 1. The second kappa shape index (κ2) is 6.48. The molecule has 0 aliphatic carbocycles. The molecule has 20 heavy (non-hydrogen) atoms. The smallest absolute Gasteiger partial charge is 0.170 e. The van der Waals surface area contributed by atoms with E-state index in [4.69, 9.17) is 10.9 Å². The lowest BCUT2D eigenvalue weighted by Crippen LogP contribution is -2.12. The van der Waals surface area contributed by atoms with E-state index in [1.54, 1.807) is 11.8 Å². The van der Waals surface area contributed by atoms with Gasteiger partial charge in [-0.2, -0.15) is 0 Å². The van der Waals surface area contributed by atoms with E-state index >= 15 is 0 Å². The molecule has 2 aromatic carbocycles. The van der Waals surface area contributed by atoms with Crippen LogP contribution < -0.4 is 5.73 Å². The first-order chi connectivity index (χ1) is 9.60. The van der Waals surface area contributed by atoms with E-state index in [9.17, 15) is 0 Å². The Kier molecular flexibility index (Phi) is 4.69. The summed E-state index contributed by atoms with van der Waals surface area (Å²) in [4.78, 5) is 1.27. The molecule has 0 atom stereocenters. The summed E-state index contributed by atoms with van der Waals surface area (Å²) >= 11 is 1.81. The maximum absolute atomic E-state index is 8.62. The van der Waals surface area contributed by atoms with Crippen molar-refractivity contribution in [3.8, 4) is 0 Å². The molecule has 0 bridgehead atoms. The van der Waals surface area contributed by atoms with Crippen molar-refractivity contribution in [1.82, 2.24) is 0 Å². The number of thioether (sulfide) groups is 1. The van der Waals surface area contributed by atoms with Crippen LogP contribution in [0.3, 0.4) is 0 Å². The van der Waals surface area contributed by atoms with Crippen LogP contribution in [0.15, 0.2) is 52.5 Å². The lowest BCUT2D eigenvalue weighted by atomic mass is 10.1. The third-order valence-corrected chi connectivity index (χ3v) is 4.31. The Labute approximate surface area is 123 Å². The topological polar surface area (TPSA) is 58.6 Å². The molecule has 104 valence electrons. The van der Waals surface area contributed by atoms with E-state index in [2.05, 4.69) is 37.2 Å². The van der Waals surface area contributed by atoms with Crippen LogP contribution in [0.2, 0.25) is 0 Å². The lowest BCUT2D eigenvalue weighted by Gasteiger charge is -2.06. The first kappa shape index (κ1) is 14.5. The fraction of sp³-hybridized carbons (Fsp3) is 0.188. The maximum Gasteiger partial charge on any atom is 0.170 e. The fourth-order valence-corrected chi connectivity index (χ4v) is 2.75. The van der Waals surface area contributed by atoms with Crippen molar-refractivity contribution in [2.45, 2.75) is 24.5 Å². The zero-order valence-electron chi connectivity index (χ0n) is 11.6. The number of rotatable bonds is 4. The molecule has 0 fully saturated rings. The van der Waals surface area contributed by atoms with Crippen LogP contribution >= 0.6 is 11.8 Å². The number of hydrogen-bond donors (Lipinski definition) is 2. The highest BCUT2D eigenvalue weighted by atomic mass is 32.2. The molecule has 2 aromatic rings. The van der Waals surface area contributed by atoms with E-state index < -0.39 is 0 Å². The molecule has 0 saturated carbocycles. The van der Waals surface area contributed by atoms with Crippen LogP contribution in [0.5, 0.6) is 0 Å². The Morgan fingerprint density at radius 3 is 2.40 bits per heavy atom. The van der Waals surface area contributed by atoms with Gasteiger partial charge in [-0.25, -0.2) is 0 Å². The first-order valence-electron chi connectivity index (χ1n) is 6.37. The van der Waals surface area contributed by atoms with Crippen molar-refractivity contribution in [1.29, 1.82) is 0 Å². The minimum atomic E-state index is 0.137. The molecule has 3 nitrogen and oxygen atoms in total. The van der Waals surface area contributed by atoms with Crippen molar-refractivity contribution < 1.29 is 5.21 Å². The third kappa shape index (κ3) is 3.54. The number of nitrogens with two attached hydrogens (primary N) is 1. The highest BCUT2D eigenvalue weighted by Crippen LogP contribution is 2.24. The highest BCUT2D eigenvalue weighted by molar-refractivity contribution is 7.98. The SMILES string of the molecule is Cc1ccc(SCc2ccc(/C(N)=N/O)cc2)cc1C. The van der Waals surface area contributed by atoms with Gasteiger partial charge in [0.1, 0.15) is 0 Å². The predicted octanol–water partition coefficient (Wildman–Crippen LogP) is 3.69. The monoisotopic (exact) mass is 286 g/mol. The van der Waals surface area contributed by atoms with Crippen molar-refractivity contribution in [3.05, 3.63) is 64.7 Å². The molecule has 2 rings (SSSR count). The van der Waals surface area contributed by atoms with Gasteiger partial charge in [-0.15, -0.1) is 11.8 Å². The van der Waals surface area contributed by atoms with Gasteiger partial charge in [0.25, 0.3) is 0 Å². The van der Waals surface area contributed by atoms with Crippen molar-refractivity contribution in [2.24, 2.45) is 10.9 Å². The van der Waals surface area contributed by atoms with E-state index in [-0.39, 0.29) is 5.84 Å². The van der Waals surface area contributed by atoms with Gasteiger partial charge in [0, 0.05) is 16.2 Å². The van der Waals surface area contributed by atoms with Gasteiger partial charge in [0.15, 0.2) is 5.84 Å². The third-order valence-electron chi connectivity index (χ3n) is 3.24.